The van der Waals surface area contributed by atoms with Crippen molar-refractivity contribution >= 4 is 17.6 Å². The third kappa shape index (κ3) is 3.46. The van der Waals surface area contributed by atoms with Crippen LogP contribution in [0.4, 0.5) is 0 Å². The molecule has 0 amide bonds. The molecule has 15 heavy (non-hydrogen) atoms. The minimum atomic E-state index is -1.16. The van der Waals surface area contributed by atoms with Crippen molar-refractivity contribution in [3.05, 3.63) is 12.2 Å². The first-order valence-corrected chi connectivity index (χ1v) is 4.95. The van der Waals surface area contributed by atoms with Gasteiger partial charge in [-0.2, -0.15) is 0 Å². The van der Waals surface area contributed by atoms with E-state index in [1.165, 1.54) is 0 Å². The summed E-state index contributed by atoms with van der Waals surface area (Å²) in [7, 11) is 4.93. The molecule has 0 aromatic heterocycles. The van der Waals surface area contributed by atoms with Crippen molar-refractivity contribution in [3.63, 3.8) is 0 Å². The Morgan fingerprint density at radius 1 is 1.40 bits per heavy atom. The maximum absolute atomic E-state index is 11.4. The Hall–Kier alpha value is -0.620. The molecular formula is C9H18ClN3O2. The summed E-state index contributed by atoms with van der Waals surface area (Å²) < 4.78 is 5.20. The smallest absolute Gasteiger partial charge is 0.335 e. The topological polar surface area (TPSA) is 62.4 Å². The van der Waals surface area contributed by atoms with Crippen LogP contribution < -0.4 is 16.0 Å². The van der Waals surface area contributed by atoms with Crippen LogP contribution in [-0.4, -0.2) is 38.5 Å². The van der Waals surface area contributed by atoms with Gasteiger partial charge in [0.25, 0.3) is 5.85 Å². The molecule has 88 valence electrons. The summed E-state index contributed by atoms with van der Waals surface area (Å²) in [6, 6.07) is 0. The first kappa shape index (κ1) is 14.4. The van der Waals surface area contributed by atoms with E-state index in [2.05, 4.69) is 22.5 Å². The molecule has 0 aromatic carbocycles. The molecule has 0 aliphatic rings. The second-order valence-corrected chi connectivity index (χ2v) is 3.49. The van der Waals surface area contributed by atoms with Gasteiger partial charge in [0, 0.05) is 5.57 Å². The number of ether oxygens (including phenoxy) is 1. The fraction of sp³-hybridized carbons (Fsp3) is 0.667. The van der Waals surface area contributed by atoms with Crippen molar-refractivity contribution in [2.45, 2.75) is 18.3 Å². The van der Waals surface area contributed by atoms with Crippen molar-refractivity contribution in [1.29, 1.82) is 0 Å². The van der Waals surface area contributed by atoms with Gasteiger partial charge in [0.15, 0.2) is 5.50 Å². The summed E-state index contributed by atoms with van der Waals surface area (Å²) in [6.07, 6.45) is 0. The van der Waals surface area contributed by atoms with Crippen molar-refractivity contribution in [2.24, 2.45) is 0 Å². The van der Waals surface area contributed by atoms with Crippen LogP contribution in [0.15, 0.2) is 12.2 Å². The van der Waals surface area contributed by atoms with Crippen molar-refractivity contribution < 1.29 is 9.53 Å². The average Bonchev–Trinajstić information content (AvgIpc) is 2.24. The van der Waals surface area contributed by atoms with E-state index in [9.17, 15) is 4.79 Å². The summed E-state index contributed by atoms with van der Waals surface area (Å²) in [5.74, 6) is -1.67. The molecule has 0 aliphatic carbocycles. The van der Waals surface area contributed by atoms with Crippen LogP contribution in [-0.2, 0) is 9.53 Å². The molecule has 0 spiro atoms. The van der Waals surface area contributed by atoms with Gasteiger partial charge in [0.05, 0.1) is 0 Å². The molecule has 0 saturated carbocycles. The van der Waals surface area contributed by atoms with E-state index >= 15 is 0 Å². The lowest BCUT2D eigenvalue weighted by atomic mass is 10.3. The van der Waals surface area contributed by atoms with Crippen molar-refractivity contribution in [2.75, 3.05) is 21.1 Å². The van der Waals surface area contributed by atoms with E-state index in [4.69, 9.17) is 16.3 Å². The summed E-state index contributed by atoms with van der Waals surface area (Å²) >= 11 is 5.99. The monoisotopic (exact) mass is 235 g/mol. The van der Waals surface area contributed by atoms with Crippen LogP contribution in [0.25, 0.3) is 0 Å². The standard InChI is InChI=1S/C9H18ClN3O2/c1-6(2)7(14)15-9(12-4,13-5)8(10)11-3/h8,11-13H,1H2,2-5H3. The van der Waals surface area contributed by atoms with Crippen LogP contribution >= 0.6 is 11.6 Å². The highest BCUT2D eigenvalue weighted by atomic mass is 35.5. The zero-order chi connectivity index (χ0) is 12.1. The Kier molecular flexibility index (Phi) is 5.82. The number of rotatable bonds is 6. The van der Waals surface area contributed by atoms with Gasteiger partial charge in [-0.15, -0.1) is 0 Å². The molecule has 0 fully saturated rings. The number of halogens is 1. The molecule has 1 unspecified atom stereocenters. The highest BCUT2D eigenvalue weighted by Crippen LogP contribution is 2.14. The number of hydrogen-bond donors (Lipinski definition) is 3. The molecule has 0 saturated heterocycles. The molecule has 0 bridgehead atoms. The lowest BCUT2D eigenvalue weighted by molar-refractivity contribution is -0.163. The Morgan fingerprint density at radius 3 is 2.13 bits per heavy atom. The second kappa shape index (κ2) is 6.07. The van der Waals surface area contributed by atoms with Crippen molar-refractivity contribution in [3.8, 4) is 0 Å². The number of likely N-dealkylation sites (N-methyl/N-ethyl adjacent to an activating group) is 3. The SMILES string of the molecule is C=C(C)C(=O)OC(NC)(NC)C(Cl)NC. The Labute approximate surface area is 95.2 Å². The first-order chi connectivity index (χ1) is 6.93. The molecule has 0 rings (SSSR count). The van der Waals surface area contributed by atoms with E-state index in [1.54, 1.807) is 28.1 Å². The minimum absolute atomic E-state index is 0.310. The summed E-state index contributed by atoms with van der Waals surface area (Å²) in [5, 5.41) is 8.41. The average molecular weight is 236 g/mol. The zero-order valence-electron chi connectivity index (χ0n) is 9.48. The van der Waals surface area contributed by atoms with Gasteiger partial charge in [-0.05, 0) is 28.1 Å². The Morgan fingerprint density at radius 2 is 1.87 bits per heavy atom. The molecule has 3 N–H and O–H groups in total. The van der Waals surface area contributed by atoms with E-state index in [0.29, 0.717) is 5.57 Å². The summed E-state index contributed by atoms with van der Waals surface area (Å²) in [5.41, 5.74) is -0.305. The summed E-state index contributed by atoms with van der Waals surface area (Å²) in [4.78, 5) is 11.4. The van der Waals surface area contributed by atoms with Crippen LogP contribution in [0.5, 0.6) is 0 Å². The lowest BCUT2D eigenvalue weighted by Crippen LogP contribution is -2.66. The second-order valence-electron chi connectivity index (χ2n) is 3.06. The predicted octanol–water partition coefficient (Wildman–Crippen LogP) is -0.0174. The molecule has 0 aromatic rings. The van der Waals surface area contributed by atoms with E-state index in [1.807, 2.05) is 0 Å². The van der Waals surface area contributed by atoms with Crippen molar-refractivity contribution in [1.82, 2.24) is 16.0 Å². The lowest BCUT2D eigenvalue weighted by Gasteiger charge is -2.35. The van der Waals surface area contributed by atoms with Gasteiger partial charge < -0.3 is 4.74 Å². The molecule has 0 aliphatic heterocycles. The molecule has 1 atom stereocenters. The number of nitrogens with one attached hydrogen (secondary N) is 3. The Balaban J connectivity index is 4.78. The van der Waals surface area contributed by atoms with Crippen LogP contribution in [0.1, 0.15) is 6.92 Å². The van der Waals surface area contributed by atoms with Crippen LogP contribution in [0.2, 0.25) is 0 Å². The third-order valence-electron chi connectivity index (χ3n) is 1.96. The quantitative estimate of drug-likeness (QED) is 0.199. The van der Waals surface area contributed by atoms with Gasteiger partial charge in [-0.25, -0.2) is 4.79 Å². The highest BCUT2D eigenvalue weighted by Gasteiger charge is 2.38. The molecular weight excluding hydrogens is 218 g/mol. The Bertz CT molecular complexity index is 242. The maximum atomic E-state index is 11.4. The van der Waals surface area contributed by atoms with Gasteiger partial charge >= 0.3 is 5.97 Å². The minimum Gasteiger partial charge on any atom is -0.424 e. The number of carbonyl (C=O) groups excluding carboxylic acids is 1. The van der Waals surface area contributed by atoms with E-state index < -0.39 is 17.3 Å². The highest BCUT2D eigenvalue weighted by molar-refractivity contribution is 6.21. The van der Waals surface area contributed by atoms with E-state index in [-0.39, 0.29) is 0 Å². The van der Waals surface area contributed by atoms with Gasteiger partial charge in [-0.3, -0.25) is 16.0 Å². The maximum Gasteiger partial charge on any atom is 0.335 e. The summed E-state index contributed by atoms with van der Waals surface area (Å²) in [6.45, 7) is 5.07. The van der Waals surface area contributed by atoms with E-state index in [0.717, 1.165) is 0 Å². The first-order valence-electron chi connectivity index (χ1n) is 4.51. The molecule has 5 nitrogen and oxygen atoms in total. The van der Waals surface area contributed by atoms with Gasteiger partial charge in [-0.1, -0.05) is 18.2 Å². The number of hydrogen-bond acceptors (Lipinski definition) is 5. The van der Waals surface area contributed by atoms with Crippen LogP contribution in [0, 0.1) is 0 Å². The normalized spacial score (nSPS) is 13.4. The fourth-order valence-electron chi connectivity index (χ4n) is 0.969. The molecule has 6 heteroatoms. The van der Waals surface area contributed by atoms with Gasteiger partial charge in [0.2, 0.25) is 0 Å². The molecule has 0 radical (unpaired) electrons. The zero-order valence-corrected chi connectivity index (χ0v) is 10.2. The fourth-order valence-corrected chi connectivity index (χ4v) is 1.23. The number of alkyl halides is 1. The molecule has 0 heterocycles. The van der Waals surface area contributed by atoms with Gasteiger partial charge in [0.1, 0.15) is 0 Å². The van der Waals surface area contributed by atoms with Crippen LogP contribution in [0.3, 0.4) is 0 Å². The predicted molar refractivity (Wildman–Crippen MR) is 60.5 cm³/mol. The number of carbonyl (C=O) groups is 1. The number of esters is 1. The third-order valence-corrected chi connectivity index (χ3v) is 2.48. The largest absolute Gasteiger partial charge is 0.424 e.